The molecule has 0 fully saturated rings. The Kier molecular flexibility index (Phi) is 6.11. The molecule has 1 N–H and O–H groups in total. The smallest absolute Gasteiger partial charge is 0.253 e. The molecule has 3 rings (SSSR count). The highest BCUT2D eigenvalue weighted by atomic mass is 32.2. The fourth-order valence-electron chi connectivity index (χ4n) is 3.01. The maximum atomic E-state index is 12.5. The number of hydrogen-bond acceptors (Lipinski definition) is 5. The predicted octanol–water partition coefficient (Wildman–Crippen LogP) is 3.74. The monoisotopic (exact) mass is 383 g/mol. The standard InChI is InChI=1S/C20H25N5OS/c1-13(2)10-17(16-8-6-5-7-9-16)22-18(26)12-27-20-23-19-21-14(3)11-15(4)25(19)24-20/h5-9,11,13,17H,10,12H2,1-4H3,(H,22,26). The Labute approximate surface area is 163 Å². The Morgan fingerprint density at radius 1 is 1.19 bits per heavy atom. The summed E-state index contributed by atoms with van der Waals surface area (Å²) in [6.45, 7) is 8.22. The van der Waals surface area contributed by atoms with Crippen LogP contribution in [0.25, 0.3) is 5.78 Å². The molecule has 0 saturated heterocycles. The van der Waals surface area contributed by atoms with E-state index < -0.39 is 0 Å². The third kappa shape index (κ3) is 5.07. The maximum absolute atomic E-state index is 12.5. The van der Waals surface area contributed by atoms with E-state index in [1.165, 1.54) is 11.8 Å². The van der Waals surface area contributed by atoms with Crippen molar-refractivity contribution in [3.63, 3.8) is 0 Å². The van der Waals surface area contributed by atoms with Gasteiger partial charge in [0.2, 0.25) is 11.1 Å². The fourth-order valence-corrected chi connectivity index (χ4v) is 3.64. The van der Waals surface area contributed by atoms with E-state index in [0.717, 1.165) is 23.4 Å². The molecule has 1 amide bonds. The van der Waals surface area contributed by atoms with E-state index in [-0.39, 0.29) is 17.7 Å². The molecular formula is C20H25N5OS. The lowest BCUT2D eigenvalue weighted by Gasteiger charge is -2.21. The molecule has 1 aromatic carbocycles. The van der Waals surface area contributed by atoms with Gasteiger partial charge in [-0.25, -0.2) is 9.50 Å². The van der Waals surface area contributed by atoms with Crippen LogP contribution in [0.3, 0.4) is 0 Å². The zero-order chi connectivity index (χ0) is 19.4. The highest BCUT2D eigenvalue weighted by Gasteiger charge is 2.17. The van der Waals surface area contributed by atoms with Gasteiger partial charge in [0.05, 0.1) is 11.8 Å². The third-order valence-electron chi connectivity index (χ3n) is 4.18. The van der Waals surface area contributed by atoms with Crippen LogP contribution in [0.4, 0.5) is 0 Å². The summed E-state index contributed by atoms with van der Waals surface area (Å²) in [6, 6.07) is 12.1. The van der Waals surface area contributed by atoms with E-state index in [4.69, 9.17) is 0 Å². The Balaban J connectivity index is 1.65. The van der Waals surface area contributed by atoms with Gasteiger partial charge in [0, 0.05) is 11.4 Å². The van der Waals surface area contributed by atoms with Crippen LogP contribution in [0.5, 0.6) is 0 Å². The number of carbonyl (C=O) groups excluding carboxylic acids is 1. The number of nitrogens with zero attached hydrogens (tertiary/aromatic N) is 4. The van der Waals surface area contributed by atoms with Gasteiger partial charge in [-0.2, -0.15) is 4.98 Å². The molecule has 0 saturated carbocycles. The number of carbonyl (C=O) groups is 1. The second kappa shape index (κ2) is 8.52. The van der Waals surface area contributed by atoms with Crippen LogP contribution in [0.1, 0.15) is 43.3 Å². The van der Waals surface area contributed by atoms with Gasteiger partial charge >= 0.3 is 0 Å². The summed E-state index contributed by atoms with van der Waals surface area (Å²) in [6.07, 6.45) is 0.898. The average molecular weight is 384 g/mol. The normalized spacial score (nSPS) is 12.5. The molecule has 0 aliphatic rings. The fraction of sp³-hybridized carbons (Fsp3) is 0.400. The second-order valence-corrected chi connectivity index (χ2v) is 8.04. The molecule has 2 aromatic heterocycles. The van der Waals surface area contributed by atoms with Crippen molar-refractivity contribution in [1.29, 1.82) is 0 Å². The molecule has 1 unspecified atom stereocenters. The highest BCUT2D eigenvalue weighted by molar-refractivity contribution is 7.99. The molecule has 6 nitrogen and oxygen atoms in total. The third-order valence-corrected chi connectivity index (χ3v) is 5.01. The van der Waals surface area contributed by atoms with Crippen LogP contribution in [-0.4, -0.2) is 31.2 Å². The molecule has 0 spiro atoms. The van der Waals surface area contributed by atoms with Crippen molar-refractivity contribution < 1.29 is 4.79 Å². The predicted molar refractivity (Wildman–Crippen MR) is 108 cm³/mol. The first-order valence-electron chi connectivity index (χ1n) is 9.10. The lowest BCUT2D eigenvalue weighted by molar-refractivity contribution is -0.119. The minimum atomic E-state index is -0.0192. The van der Waals surface area contributed by atoms with Crippen LogP contribution >= 0.6 is 11.8 Å². The Morgan fingerprint density at radius 3 is 2.63 bits per heavy atom. The van der Waals surface area contributed by atoms with E-state index in [9.17, 15) is 4.79 Å². The molecule has 3 aromatic rings. The topological polar surface area (TPSA) is 72.2 Å². The van der Waals surface area contributed by atoms with E-state index in [2.05, 4.69) is 46.4 Å². The number of aromatic nitrogens is 4. The van der Waals surface area contributed by atoms with E-state index >= 15 is 0 Å². The number of rotatable bonds is 7. The van der Waals surface area contributed by atoms with Gasteiger partial charge in [-0.3, -0.25) is 4.79 Å². The van der Waals surface area contributed by atoms with Crippen molar-refractivity contribution in [1.82, 2.24) is 24.9 Å². The van der Waals surface area contributed by atoms with Crippen molar-refractivity contribution in [3.05, 3.63) is 53.3 Å². The van der Waals surface area contributed by atoms with E-state index in [0.29, 0.717) is 16.9 Å². The number of amides is 1. The maximum Gasteiger partial charge on any atom is 0.253 e. The van der Waals surface area contributed by atoms with Gasteiger partial charge < -0.3 is 5.32 Å². The number of benzene rings is 1. The van der Waals surface area contributed by atoms with Crippen LogP contribution in [0.15, 0.2) is 41.6 Å². The number of aryl methyl sites for hydroxylation is 2. The summed E-state index contributed by atoms with van der Waals surface area (Å²) >= 11 is 1.33. The van der Waals surface area contributed by atoms with Gasteiger partial charge in [0.1, 0.15) is 0 Å². The summed E-state index contributed by atoms with van der Waals surface area (Å²) in [4.78, 5) is 21.3. The highest BCUT2D eigenvalue weighted by Crippen LogP contribution is 2.22. The van der Waals surface area contributed by atoms with Gasteiger partial charge in [0.15, 0.2) is 0 Å². The van der Waals surface area contributed by atoms with E-state index in [1.807, 2.05) is 38.1 Å². The quantitative estimate of drug-likeness (QED) is 0.629. The summed E-state index contributed by atoms with van der Waals surface area (Å²) < 4.78 is 1.71. The van der Waals surface area contributed by atoms with Crippen molar-refractivity contribution >= 4 is 23.4 Å². The lowest BCUT2D eigenvalue weighted by Crippen LogP contribution is -2.30. The average Bonchev–Trinajstić information content (AvgIpc) is 3.03. The molecule has 0 aliphatic heterocycles. The first kappa shape index (κ1) is 19.4. The van der Waals surface area contributed by atoms with E-state index in [1.54, 1.807) is 4.52 Å². The second-order valence-electron chi connectivity index (χ2n) is 7.09. The first-order valence-corrected chi connectivity index (χ1v) is 10.1. The van der Waals surface area contributed by atoms with Crippen molar-refractivity contribution in [3.8, 4) is 0 Å². The number of thioether (sulfide) groups is 1. The lowest BCUT2D eigenvalue weighted by atomic mass is 9.97. The molecular weight excluding hydrogens is 358 g/mol. The molecule has 7 heteroatoms. The molecule has 0 aliphatic carbocycles. The van der Waals surface area contributed by atoms with Gasteiger partial charge in [-0.15, -0.1) is 5.10 Å². The summed E-state index contributed by atoms with van der Waals surface area (Å²) in [7, 11) is 0. The largest absolute Gasteiger partial charge is 0.349 e. The van der Waals surface area contributed by atoms with Crippen molar-refractivity contribution in [2.75, 3.05) is 5.75 Å². The molecule has 2 heterocycles. The van der Waals surface area contributed by atoms with Crippen LogP contribution < -0.4 is 5.32 Å². The number of fused-ring (bicyclic) bond motifs is 1. The van der Waals surface area contributed by atoms with Crippen molar-refractivity contribution in [2.45, 2.75) is 45.3 Å². The SMILES string of the molecule is Cc1cc(C)n2nc(SCC(=O)NC(CC(C)C)c3ccccc3)nc2n1. The number of nitrogens with one attached hydrogen (secondary N) is 1. The van der Waals surface area contributed by atoms with Crippen LogP contribution in [-0.2, 0) is 4.79 Å². The molecule has 0 bridgehead atoms. The summed E-state index contributed by atoms with van der Waals surface area (Å²) in [5.41, 5.74) is 3.01. The van der Waals surface area contributed by atoms with Gasteiger partial charge in [-0.1, -0.05) is 55.9 Å². The van der Waals surface area contributed by atoms with Crippen LogP contribution in [0.2, 0.25) is 0 Å². The summed E-state index contributed by atoms with van der Waals surface area (Å²) in [5, 5.41) is 8.15. The molecule has 1 atom stereocenters. The zero-order valence-corrected chi connectivity index (χ0v) is 17.0. The Bertz CT molecular complexity index is 923. The van der Waals surface area contributed by atoms with Gasteiger partial charge in [-0.05, 0) is 37.8 Å². The molecule has 142 valence electrons. The minimum Gasteiger partial charge on any atom is -0.349 e. The Hall–Kier alpha value is -2.41. The molecule has 27 heavy (non-hydrogen) atoms. The van der Waals surface area contributed by atoms with Crippen molar-refractivity contribution in [2.24, 2.45) is 5.92 Å². The Morgan fingerprint density at radius 2 is 1.93 bits per heavy atom. The zero-order valence-electron chi connectivity index (χ0n) is 16.1. The minimum absolute atomic E-state index is 0.0138. The summed E-state index contributed by atoms with van der Waals surface area (Å²) in [5.74, 6) is 1.31. The van der Waals surface area contributed by atoms with Crippen LogP contribution in [0, 0.1) is 19.8 Å². The number of hydrogen-bond donors (Lipinski definition) is 1. The first-order chi connectivity index (χ1) is 12.9. The molecule has 0 radical (unpaired) electrons. The van der Waals surface area contributed by atoms with Gasteiger partial charge in [0.25, 0.3) is 5.78 Å².